The number of carboxylic acid groups (broad SMARTS) is 1. The van der Waals surface area contributed by atoms with Gasteiger partial charge in [0.05, 0.1) is 17.8 Å². The van der Waals surface area contributed by atoms with E-state index in [0.717, 1.165) is 80.3 Å². The maximum Gasteiger partial charge on any atom is 0.304 e. The number of aliphatic carboxylic acids is 1. The number of nitrogens with zero attached hydrogens (tertiary/aromatic N) is 4. The zero-order valence-corrected chi connectivity index (χ0v) is 23.9. The lowest BCUT2D eigenvalue weighted by Crippen LogP contribution is -2.28. The standard InChI is InChI=1S/C32H43N5O2/c1-21(2)26-15-27(17-30(16-26)37-23(4)14-22(3)35-37)28(18-31(38)39)20-36-13-11-24(19-36)7-9-29-10-8-25-6-5-12-33-32(25)34-29/h8,10,14-17,21,24,28H,5-7,9,11-13,18-20H2,1-4H3,(H,33,34)(H,38,39). The summed E-state index contributed by atoms with van der Waals surface area (Å²) in [5.74, 6) is 1.23. The smallest absolute Gasteiger partial charge is 0.304 e. The lowest BCUT2D eigenvalue weighted by molar-refractivity contribution is -0.137. The van der Waals surface area contributed by atoms with E-state index >= 15 is 0 Å². The first kappa shape index (κ1) is 27.4. The van der Waals surface area contributed by atoms with Crippen LogP contribution in [0.2, 0.25) is 0 Å². The van der Waals surface area contributed by atoms with Gasteiger partial charge in [-0.2, -0.15) is 5.10 Å². The van der Waals surface area contributed by atoms with Crippen molar-refractivity contribution in [1.82, 2.24) is 19.7 Å². The molecule has 2 atom stereocenters. The first-order chi connectivity index (χ1) is 18.7. The SMILES string of the molecule is Cc1cc(C)n(-c2cc(C(C)C)cc(C(CC(=O)O)CN3CCC(CCc4ccc5c(n4)NCCC5)C3)c2)n1. The Labute approximate surface area is 232 Å². The third-order valence-electron chi connectivity index (χ3n) is 8.38. The van der Waals surface area contributed by atoms with Crippen LogP contribution in [0.5, 0.6) is 0 Å². The Hall–Kier alpha value is -3.19. The molecule has 2 aliphatic heterocycles. The third kappa shape index (κ3) is 6.70. The predicted molar refractivity (Wildman–Crippen MR) is 156 cm³/mol. The van der Waals surface area contributed by atoms with Crippen LogP contribution >= 0.6 is 0 Å². The van der Waals surface area contributed by atoms with Gasteiger partial charge >= 0.3 is 5.97 Å². The monoisotopic (exact) mass is 529 g/mol. The summed E-state index contributed by atoms with van der Waals surface area (Å²) in [6.45, 7) is 12.3. The zero-order chi connectivity index (χ0) is 27.5. The molecule has 2 aromatic heterocycles. The summed E-state index contributed by atoms with van der Waals surface area (Å²) in [6.07, 6.45) is 5.70. The van der Waals surface area contributed by atoms with Gasteiger partial charge in [0.2, 0.25) is 0 Å². The van der Waals surface area contributed by atoms with Crippen molar-refractivity contribution in [3.05, 3.63) is 70.2 Å². The highest BCUT2D eigenvalue weighted by Crippen LogP contribution is 2.31. The quantitative estimate of drug-likeness (QED) is 0.341. The largest absolute Gasteiger partial charge is 0.481 e. The number of hydrogen-bond donors (Lipinski definition) is 2. The second-order valence-electron chi connectivity index (χ2n) is 11.9. The highest BCUT2D eigenvalue weighted by molar-refractivity contribution is 5.68. The summed E-state index contributed by atoms with van der Waals surface area (Å²) in [7, 11) is 0. The summed E-state index contributed by atoms with van der Waals surface area (Å²) in [6, 6.07) is 13.1. The molecule has 0 aliphatic carbocycles. The molecule has 0 amide bonds. The maximum atomic E-state index is 12.0. The molecule has 1 saturated heterocycles. The number of nitrogens with one attached hydrogen (secondary N) is 1. The van der Waals surface area contributed by atoms with E-state index in [0.29, 0.717) is 11.8 Å². The molecule has 2 aliphatic rings. The minimum atomic E-state index is -0.745. The van der Waals surface area contributed by atoms with Gasteiger partial charge in [-0.25, -0.2) is 9.67 Å². The number of aryl methyl sites for hydroxylation is 4. The lowest BCUT2D eigenvalue weighted by Gasteiger charge is -2.25. The van der Waals surface area contributed by atoms with Gasteiger partial charge in [0.15, 0.2) is 0 Å². The molecule has 5 rings (SSSR count). The Morgan fingerprint density at radius 3 is 2.72 bits per heavy atom. The fourth-order valence-electron chi connectivity index (χ4n) is 6.23. The van der Waals surface area contributed by atoms with Crippen molar-refractivity contribution in [1.29, 1.82) is 0 Å². The molecule has 0 radical (unpaired) electrons. The minimum Gasteiger partial charge on any atom is -0.481 e. The number of likely N-dealkylation sites (tertiary alicyclic amines) is 1. The van der Waals surface area contributed by atoms with Gasteiger partial charge in [-0.3, -0.25) is 4.79 Å². The molecule has 0 saturated carbocycles. The normalized spacial score (nSPS) is 18.2. The van der Waals surface area contributed by atoms with Crippen molar-refractivity contribution >= 4 is 11.8 Å². The van der Waals surface area contributed by atoms with Crippen molar-refractivity contribution in [2.45, 2.75) is 78.1 Å². The van der Waals surface area contributed by atoms with E-state index in [9.17, 15) is 9.90 Å². The molecule has 39 heavy (non-hydrogen) atoms. The van der Waals surface area contributed by atoms with Crippen molar-refractivity contribution < 1.29 is 9.90 Å². The zero-order valence-electron chi connectivity index (χ0n) is 23.9. The predicted octanol–water partition coefficient (Wildman–Crippen LogP) is 5.88. The number of anilines is 1. The molecule has 7 nitrogen and oxygen atoms in total. The number of benzene rings is 1. The Morgan fingerprint density at radius 1 is 1.15 bits per heavy atom. The van der Waals surface area contributed by atoms with Gasteiger partial charge in [0, 0.05) is 36.9 Å². The summed E-state index contributed by atoms with van der Waals surface area (Å²) in [4.78, 5) is 19.3. The molecule has 0 spiro atoms. The van der Waals surface area contributed by atoms with Gasteiger partial charge in [-0.05, 0) is 105 Å². The van der Waals surface area contributed by atoms with Crippen LogP contribution in [0.15, 0.2) is 36.4 Å². The molecule has 7 heteroatoms. The Balaban J connectivity index is 1.28. The first-order valence-electron chi connectivity index (χ1n) is 14.6. The van der Waals surface area contributed by atoms with E-state index in [-0.39, 0.29) is 12.3 Å². The minimum absolute atomic E-state index is 0.0657. The van der Waals surface area contributed by atoms with Crippen molar-refractivity contribution in [3.63, 3.8) is 0 Å². The number of carboxylic acids is 1. The molecule has 0 bridgehead atoms. The van der Waals surface area contributed by atoms with Crippen LogP contribution in [0, 0.1) is 19.8 Å². The number of fused-ring (bicyclic) bond motifs is 1. The molecule has 208 valence electrons. The second kappa shape index (κ2) is 11.9. The van der Waals surface area contributed by atoms with Crippen molar-refractivity contribution in [2.75, 3.05) is 31.5 Å². The Kier molecular flexibility index (Phi) is 8.36. The molecule has 2 N–H and O–H groups in total. The Morgan fingerprint density at radius 2 is 1.97 bits per heavy atom. The van der Waals surface area contributed by atoms with Gasteiger partial charge in [-0.15, -0.1) is 0 Å². The number of pyridine rings is 1. The summed E-state index contributed by atoms with van der Waals surface area (Å²) < 4.78 is 1.98. The van der Waals surface area contributed by atoms with E-state index in [4.69, 9.17) is 10.1 Å². The summed E-state index contributed by atoms with van der Waals surface area (Å²) >= 11 is 0. The van der Waals surface area contributed by atoms with E-state index in [1.54, 1.807) is 0 Å². The van der Waals surface area contributed by atoms with E-state index < -0.39 is 5.97 Å². The van der Waals surface area contributed by atoms with Crippen LogP contribution in [0.3, 0.4) is 0 Å². The fourth-order valence-corrected chi connectivity index (χ4v) is 6.23. The number of rotatable bonds is 10. The van der Waals surface area contributed by atoms with Crippen LogP contribution in [0.1, 0.15) is 85.1 Å². The molecule has 1 aromatic carbocycles. The van der Waals surface area contributed by atoms with Crippen LogP contribution in [0.25, 0.3) is 5.69 Å². The Bertz CT molecular complexity index is 1310. The van der Waals surface area contributed by atoms with Gasteiger partial charge in [0.25, 0.3) is 0 Å². The fraction of sp³-hybridized carbons (Fsp3) is 0.531. The average Bonchev–Trinajstić information content (AvgIpc) is 3.51. The molecular formula is C32H43N5O2. The topological polar surface area (TPSA) is 83.3 Å². The highest BCUT2D eigenvalue weighted by Gasteiger charge is 2.27. The van der Waals surface area contributed by atoms with E-state index in [1.165, 1.54) is 23.2 Å². The summed E-state index contributed by atoms with van der Waals surface area (Å²) in [5, 5.41) is 18.0. The van der Waals surface area contributed by atoms with E-state index in [2.05, 4.69) is 67.4 Å². The lowest BCUT2D eigenvalue weighted by atomic mass is 9.90. The number of carbonyl (C=O) groups is 1. The first-order valence-corrected chi connectivity index (χ1v) is 14.6. The number of hydrogen-bond acceptors (Lipinski definition) is 5. The highest BCUT2D eigenvalue weighted by atomic mass is 16.4. The second-order valence-corrected chi connectivity index (χ2v) is 11.9. The van der Waals surface area contributed by atoms with Gasteiger partial charge in [0.1, 0.15) is 5.82 Å². The van der Waals surface area contributed by atoms with Crippen LogP contribution in [0.4, 0.5) is 5.82 Å². The molecule has 1 fully saturated rings. The van der Waals surface area contributed by atoms with Crippen molar-refractivity contribution in [3.8, 4) is 5.69 Å². The van der Waals surface area contributed by atoms with E-state index in [1.807, 2.05) is 11.6 Å². The third-order valence-corrected chi connectivity index (χ3v) is 8.38. The average molecular weight is 530 g/mol. The van der Waals surface area contributed by atoms with Crippen LogP contribution < -0.4 is 5.32 Å². The van der Waals surface area contributed by atoms with Gasteiger partial charge < -0.3 is 15.3 Å². The summed E-state index contributed by atoms with van der Waals surface area (Å²) in [5.41, 5.74) is 7.91. The van der Waals surface area contributed by atoms with Crippen LogP contribution in [-0.2, 0) is 17.6 Å². The number of aromatic nitrogens is 3. The molecular weight excluding hydrogens is 486 g/mol. The molecule has 2 unspecified atom stereocenters. The molecule has 3 aromatic rings. The van der Waals surface area contributed by atoms with Crippen molar-refractivity contribution in [2.24, 2.45) is 5.92 Å². The van der Waals surface area contributed by atoms with Crippen LogP contribution in [-0.4, -0.2) is 56.9 Å². The maximum absolute atomic E-state index is 12.0. The van der Waals surface area contributed by atoms with Gasteiger partial charge in [-0.1, -0.05) is 26.0 Å². The molecule has 4 heterocycles.